The second-order valence-corrected chi connectivity index (χ2v) is 6.41. The van der Waals surface area contributed by atoms with Crippen molar-refractivity contribution in [2.75, 3.05) is 36.5 Å². The van der Waals surface area contributed by atoms with Gasteiger partial charge in [-0.1, -0.05) is 6.07 Å². The van der Waals surface area contributed by atoms with Crippen LogP contribution in [0.15, 0.2) is 42.0 Å². The molecule has 0 saturated carbocycles. The minimum atomic E-state index is -0.181. The Balaban J connectivity index is 1.53. The van der Waals surface area contributed by atoms with Crippen molar-refractivity contribution in [1.82, 2.24) is 20.2 Å². The number of ether oxygens (including phenoxy) is 1. The normalized spacial score (nSPS) is 14.5. The Morgan fingerprint density at radius 3 is 2.92 bits per heavy atom. The average molecular weight is 356 g/mol. The molecular weight excluding hydrogens is 340 g/mol. The van der Waals surface area contributed by atoms with E-state index in [-0.39, 0.29) is 5.91 Å². The number of hydrogen-bond acceptors (Lipinski definition) is 7. The van der Waals surface area contributed by atoms with E-state index in [0.717, 1.165) is 37.7 Å². The van der Waals surface area contributed by atoms with Crippen molar-refractivity contribution >= 4 is 28.6 Å². The molecule has 9 heteroatoms. The first-order valence-electron chi connectivity index (χ1n) is 7.86. The van der Waals surface area contributed by atoms with Gasteiger partial charge in [-0.15, -0.1) is 16.4 Å². The lowest BCUT2D eigenvalue weighted by atomic mass is 10.2. The van der Waals surface area contributed by atoms with Crippen LogP contribution in [-0.4, -0.2) is 52.4 Å². The molecule has 25 heavy (non-hydrogen) atoms. The topological polar surface area (TPSA) is 85.2 Å². The molecular formula is C16H16N6O2S. The Labute approximate surface area is 148 Å². The highest BCUT2D eigenvalue weighted by Gasteiger charge is 2.17. The number of benzene rings is 1. The number of carbonyl (C=O) groups is 1. The Hall–Kier alpha value is -2.78. The van der Waals surface area contributed by atoms with Crippen LogP contribution in [0.1, 0.15) is 9.67 Å². The maximum absolute atomic E-state index is 12.7. The summed E-state index contributed by atoms with van der Waals surface area (Å²) in [5, 5.41) is 15.9. The molecule has 1 saturated heterocycles. The fourth-order valence-corrected chi connectivity index (χ4v) is 3.49. The van der Waals surface area contributed by atoms with Crippen LogP contribution in [0.3, 0.4) is 0 Å². The quantitative estimate of drug-likeness (QED) is 0.767. The summed E-state index contributed by atoms with van der Waals surface area (Å²) in [7, 11) is 0. The standard InChI is InChI=1S/C16H16N6O2S/c23-16(15-14(4-9-25-15)22-11-17-19-20-22)18-12-2-1-3-13(10-12)21-5-7-24-8-6-21/h1-4,9-11H,5-8H2,(H,18,23). The molecule has 3 aromatic rings. The van der Waals surface area contributed by atoms with Gasteiger partial charge < -0.3 is 15.0 Å². The summed E-state index contributed by atoms with van der Waals surface area (Å²) >= 11 is 1.35. The van der Waals surface area contributed by atoms with E-state index in [1.165, 1.54) is 22.3 Å². The van der Waals surface area contributed by atoms with E-state index in [4.69, 9.17) is 4.74 Å². The van der Waals surface area contributed by atoms with Crippen LogP contribution in [0.5, 0.6) is 0 Å². The number of nitrogens with zero attached hydrogens (tertiary/aromatic N) is 5. The van der Waals surface area contributed by atoms with Gasteiger partial charge >= 0.3 is 0 Å². The highest BCUT2D eigenvalue weighted by Crippen LogP contribution is 2.24. The summed E-state index contributed by atoms with van der Waals surface area (Å²) in [6, 6.07) is 9.66. The van der Waals surface area contributed by atoms with Crippen LogP contribution in [0.2, 0.25) is 0 Å². The van der Waals surface area contributed by atoms with Crippen LogP contribution >= 0.6 is 11.3 Å². The first-order chi connectivity index (χ1) is 12.3. The molecule has 0 unspecified atom stereocenters. The Morgan fingerprint density at radius 2 is 2.12 bits per heavy atom. The smallest absolute Gasteiger partial charge is 0.267 e. The Bertz CT molecular complexity index is 857. The van der Waals surface area contributed by atoms with Crippen LogP contribution in [0.4, 0.5) is 11.4 Å². The highest BCUT2D eigenvalue weighted by atomic mass is 32.1. The lowest BCUT2D eigenvalue weighted by Gasteiger charge is -2.29. The van der Waals surface area contributed by atoms with Crippen molar-refractivity contribution in [3.8, 4) is 5.69 Å². The van der Waals surface area contributed by atoms with Crippen LogP contribution in [0, 0.1) is 0 Å². The van der Waals surface area contributed by atoms with Crippen LogP contribution < -0.4 is 10.2 Å². The molecule has 1 fully saturated rings. The van der Waals surface area contributed by atoms with E-state index in [1.54, 1.807) is 0 Å². The van der Waals surface area contributed by atoms with Gasteiger partial charge in [-0.25, -0.2) is 0 Å². The summed E-state index contributed by atoms with van der Waals surface area (Å²) in [4.78, 5) is 15.5. The molecule has 1 N–H and O–H groups in total. The number of morpholine rings is 1. The second-order valence-electron chi connectivity index (χ2n) is 5.49. The van der Waals surface area contributed by atoms with Gasteiger partial charge in [0.25, 0.3) is 5.91 Å². The number of tetrazole rings is 1. The molecule has 2 aromatic heterocycles. The lowest BCUT2D eigenvalue weighted by Crippen LogP contribution is -2.36. The fraction of sp³-hybridized carbons (Fsp3) is 0.250. The van der Waals surface area contributed by atoms with Crippen molar-refractivity contribution in [1.29, 1.82) is 0 Å². The summed E-state index contributed by atoms with van der Waals surface area (Å²) < 4.78 is 6.87. The van der Waals surface area contributed by atoms with Crippen molar-refractivity contribution in [2.45, 2.75) is 0 Å². The van der Waals surface area contributed by atoms with Gasteiger partial charge in [-0.3, -0.25) is 4.79 Å². The number of hydrogen-bond donors (Lipinski definition) is 1. The first kappa shape index (κ1) is 15.7. The minimum Gasteiger partial charge on any atom is -0.378 e. The molecule has 8 nitrogen and oxygen atoms in total. The number of anilines is 2. The maximum atomic E-state index is 12.7. The highest BCUT2D eigenvalue weighted by molar-refractivity contribution is 7.12. The fourth-order valence-electron chi connectivity index (χ4n) is 2.71. The molecule has 0 aliphatic carbocycles. The maximum Gasteiger partial charge on any atom is 0.267 e. The van der Waals surface area contributed by atoms with Crippen molar-refractivity contribution < 1.29 is 9.53 Å². The molecule has 128 valence electrons. The predicted octanol–water partition coefficient (Wildman–Crippen LogP) is 1.81. The Kier molecular flexibility index (Phi) is 4.40. The van der Waals surface area contributed by atoms with Crippen LogP contribution in [0.25, 0.3) is 5.69 Å². The molecule has 1 aliphatic rings. The molecule has 4 rings (SSSR count). The second kappa shape index (κ2) is 6.99. The van der Waals surface area contributed by atoms with E-state index < -0.39 is 0 Å². The van der Waals surface area contributed by atoms with Crippen molar-refractivity contribution in [3.63, 3.8) is 0 Å². The predicted molar refractivity (Wildman–Crippen MR) is 94.5 cm³/mol. The third kappa shape index (κ3) is 3.37. The van der Waals surface area contributed by atoms with E-state index in [9.17, 15) is 4.79 Å². The van der Waals surface area contributed by atoms with Gasteiger partial charge in [0.2, 0.25) is 0 Å². The zero-order chi connectivity index (χ0) is 17.1. The minimum absolute atomic E-state index is 0.181. The SMILES string of the molecule is O=C(Nc1cccc(N2CCOCC2)c1)c1sccc1-n1cnnn1. The van der Waals surface area contributed by atoms with Gasteiger partial charge in [-0.05, 0) is 40.1 Å². The number of aromatic nitrogens is 4. The van der Waals surface area contributed by atoms with E-state index in [0.29, 0.717) is 10.6 Å². The van der Waals surface area contributed by atoms with E-state index in [2.05, 4.69) is 25.7 Å². The number of amides is 1. The number of nitrogens with one attached hydrogen (secondary N) is 1. The molecule has 0 atom stereocenters. The van der Waals surface area contributed by atoms with Gasteiger partial charge in [-0.2, -0.15) is 4.68 Å². The molecule has 0 spiro atoms. The third-order valence-electron chi connectivity index (χ3n) is 3.93. The number of carbonyl (C=O) groups excluding carboxylic acids is 1. The van der Waals surface area contributed by atoms with E-state index in [1.807, 2.05) is 35.7 Å². The van der Waals surface area contributed by atoms with Gasteiger partial charge in [0.05, 0.1) is 18.9 Å². The largest absolute Gasteiger partial charge is 0.378 e. The molecule has 3 heterocycles. The summed E-state index contributed by atoms with van der Waals surface area (Å²) in [5.41, 5.74) is 2.50. The number of thiophene rings is 1. The van der Waals surface area contributed by atoms with Crippen molar-refractivity contribution in [2.24, 2.45) is 0 Å². The van der Waals surface area contributed by atoms with Crippen molar-refractivity contribution in [3.05, 3.63) is 46.9 Å². The monoisotopic (exact) mass is 356 g/mol. The third-order valence-corrected chi connectivity index (χ3v) is 4.83. The summed E-state index contributed by atoms with van der Waals surface area (Å²) in [6.45, 7) is 3.15. The molecule has 1 aromatic carbocycles. The first-order valence-corrected chi connectivity index (χ1v) is 8.74. The molecule has 0 bridgehead atoms. The molecule has 1 aliphatic heterocycles. The zero-order valence-corrected chi connectivity index (χ0v) is 14.1. The lowest BCUT2D eigenvalue weighted by molar-refractivity contribution is 0.103. The van der Waals surface area contributed by atoms with Gasteiger partial charge in [0.1, 0.15) is 11.2 Å². The molecule has 0 radical (unpaired) electrons. The Morgan fingerprint density at radius 1 is 1.24 bits per heavy atom. The summed E-state index contributed by atoms with van der Waals surface area (Å²) in [6.07, 6.45) is 1.47. The zero-order valence-electron chi connectivity index (χ0n) is 13.3. The number of rotatable bonds is 4. The van der Waals surface area contributed by atoms with Crippen LogP contribution in [-0.2, 0) is 4.74 Å². The van der Waals surface area contributed by atoms with E-state index >= 15 is 0 Å². The summed E-state index contributed by atoms with van der Waals surface area (Å²) in [5.74, 6) is -0.181. The van der Waals surface area contributed by atoms with Gasteiger partial charge in [0.15, 0.2) is 0 Å². The molecule has 1 amide bonds. The van der Waals surface area contributed by atoms with Gasteiger partial charge in [0, 0.05) is 24.5 Å². The average Bonchev–Trinajstić information content (AvgIpc) is 3.34.